The predicted octanol–water partition coefficient (Wildman–Crippen LogP) is 1.78. The van der Waals surface area contributed by atoms with Crippen molar-refractivity contribution in [3.63, 3.8) is 0 Å². The van der Waals surface area contributed by atoms with Gasteiger partial charge in [-0.3, -0.25) is 4.79 Å². The van der Waals surface area contributed by atoms with E-state index < -0.39 is 0 Å². The maximum Gasteiger partial charge on any atom is 0.252 e. The molecule has 1 aromatic heterocycles. The van der Waals surface area contributed by atoms with Gasteiger partial charge in [0, 0.05) is 31.6 Å². The predicted molar refractivity (Wildman–Crippen MR) is 71.3 cm³/mol. The Hall–Kier alpha value is -1.62. The van der Waals surface area contributed by atoms with E-state index in [-0.39, 0.29) is 12.0 Å². The summed E-state index contributed by atoms with van der Waals surface area (Å²) in [6, 6.07) is 3.49. The second-order valence-corrected chi connectivity index (χ2v) is 4.57. The summed E-state index contributed by atoms with van der Waals surface area (Å²) in [6.45, 7) is 4.17. The third-order valence-corrected chi connectivity index (χ3v) is 2.99. The summed E-state index contributed by atoms with van der Waals surface area (Å²) in [5, 5.41) is 2.81. The van der Waals surface area contributed by atoms with Crippen LogP contribution in [0.15, 0.2) is 18.3 Å². The van der Waals surface area contributed by atoms with Gasteiger partial charge in [-0.05, 0) is 12.5 Å². The van der Waals surface area contributed by atoms with Crippen LogP contribution in [0.4, 0.5) is 0 Å². The first-order chi connectivity index (χ1) is 9.29. The molecule has 19 heavy (non-hydrogen) atoms. The van der Waals surface area contributed by atoms with E-state index in [1.807, 2.05) is 6.92 Å². The normalized spacial score (nSPS) is 16.1. The van der Waals surface area contributed by atoms with E-state index in [0.717, 1.165) is 32.5 Å². The molecule has 5 nitrogen and oxygen atoms in total. The van der Waals surface area contributed by atoms with E-state index >= 15 is 0 Å². The average Bonchev–Trinajstić information content (AvgIpc) is 2.46. The molecule has 0 atom stereocenters. The first kappa shape index (κ1) is 13.8. The molecule has 2 rings (SSSR count). The van der Waals surface area contributed by atoms with Gasteiger partial charge in [-0.15, -0.1) is 0 Å². The zero-order valence-corrected chi connectivity index (χ0v) is 11.2. The lowest BCUT2D eigenvalue weighted by atomic mass is 10.1. The molecule has 0 radical (unpaired) electrons. The van der Waals surface area contributed by atoms with Gasteiger partial charge in [0.1, 0.15) is 6.10 Å². The highest BCUT2D eigenvalue weighted by molar-refractivity contribution is 5.93. The molecule has 1 aromatic rings. The SMILES string of the molecule is CCCNC(=O)c1ccc(OC2CCOCC2)nc1. The van der Waals surface area contributed by atoms with Crippen LogP contribution in [-0.2, 0) is 4.74 Å². The molecule has 0 saturated carbocycles. The number of rotatable bonds is 5. The number of nitrogens with one attached hydrogen (secondary N) is 1. The molecule has 5 heteroatoms. The van der Waals surface area contributed by atoms with E-state index in [2.05, 4.69) is 10.3 Å². The Morgan fingerprint density at radius 1 is 1.47 bits per heavy atom. The number of ether oxygens (including phenoxy) is 2. The third kappa shape index (κ3) is 4.21. The van der Waals surface area contributed by atoms with Crippen LogP contribution in [-0.4, -0.2) is 36.8 Å². The maximum atomic E-state index is 11.7. The van der Waals surface area contributed by atoms with E-state index in [9.17, 15) is 4.79 Å². The lowest BCUT2D eigenvalue weighted by Gasteiger charge is -2.22. The maximum absolute atomic E-state index is 11.7. The minimum absolute atomic E-state index is 0.0908. The fraction of sp³-hybridized carbons (Fsp3) is 0.571. The Morgan fingerprint density at radius 2 is 2.26 bits per heavy atom. The molecular weight excluding hydrogens is 244 g/mol. The first-order valence-corrected chi connectivity index (χ1v) is 6.78. The molecule has 0 unspecified atom stereocenters. The van der Waals surface area contributed by atoms with Crippen molar-refractivity contribution in [1.29, 1.82) is 0 Å². The van der Waals surface area contributed by atoms with Crippen LogP contribution in [0.25, 0.3) is 0 Å². The van der Waals surface area contributed by atoms with E-state index in [1.54, 1.807) is 18.3 Å². The Balaban J connectivity index is 1.88. The number of hydrogen-bond acceptors (Lipinski definition) is 4. The summed E-state index contributed by atoms with van der Waals surface area (Å²) in [7, 11) is 0. The van der Waals surface area contributed by atoms with Crippen LogP contribution in [0.2, 0.25) is 0 Å². The van der Waals surface area contributed by atoms with Crippen LogP contribution in [0, 0.1) is 0 Å². The van der Waals surface area contributed by atoms with Crippen LogP contribution in [0.1, 0.15) is 36.5 Å². The number of hydrogen-bond donors (Lipinski definition) is 1. The quantitative estimate of drug-likeness (QED) is 0.880. The van der Waals surface area contributed by atoms with Gasteiger partial charge in [-0.1, -0.05) is 6.92 Å². The van der Waals surface area contributed by atoms with Gasteiger partial charge in [-0.25, -0.2) is 4.98 Å². The van der Waals surface area contributed by atoms with Crippen LogP contribution < -0.4 is 10.1 Å². The molecule has 1 aliphatic heterocycles. The summed E-state index contributed by atoms with van der Waals surface area (Å²) in [5.41, 5.74) is 0.563. The van der Waals surface area contributed by atoms with Gasteiger partial charge in [-0.2, -0.15) is 0 Å². The van der Waals surface area contributed by atoms with E-state index in [4.69, 9.17) is 9.47 Å². The standard InChI is InChI=1S/C14H20N2O3/c1-2-7-15-14(17)11-3-4-13(16-10-11)19-12-5-8-18-9-6-12/h3-4,10,12H,2,5-9H2,1H3,(H,15,17). The van der Waals surface area contributed by atoms with Crippen LogP contribution in [0.5, 0.6) is 5.88 Å². The highest BCUT2D eigenvalue weighted by atomic mass is 16.5. The van der Waals surface area contributed by atoms with Crippen LogP contribution >= 0.6 is 0 Å². The van der Waals surface area contributed by atoms with Crippen molar-refractivity contribution in [2.45, 2.75) is 32.3 Å². The van der Waals surface area contributed by atoms with Crippen LogP contribution in [0.3, 0.4) is 0 Å². The van der Waals surface area contributed by atoms with Crippen molar-refractivity contribution in [3.05, 3.63) is 23.9 Å². The molecule has 1 aliphatic rings. The zero-order chi connectivity index (χ0) is 13.5. The van der Waals surface area contributed by atoms with Gasteiger partial charge in [0.15, 0.2) is 0 Å². The minimum atomic E-state index is -0.0908. The summed E-state index contributed by atoms with van der Waals surface area (Å²) >= 11 is 0. The van der Waals surface area contributed by atoms with Gasteiger partial charge < -0.3 is 14.8 Å². The molecule has 0 aromatic carbocycles. The van der Waals surface area contributed by atoms with E-state index in [1.165, 1.54) is 0 Å². The number of aromatic nitrogens is 1. The molecule has 1 amide bonds. The summed E-state index contributed by atoms with van der Waals surface area (Å²) in [4.78, 5) is 15.9. The summed E-state index contributed by atoms with van der Waals surface area (Å²) in [5.74, 6) is 0.478. The highest BCUT2D eigenvalue weighted by Crippen LogP contribution is 2.15. The first-order valence-electron chi connectivity index (χ1n) is 6.78. The van der Waals surface area contributed by atoms with Gasteiger partial charge in [0.05, 0.1) is 18.8 Å². The van der Waals surface area contributed by atoms with Gasteiger partial charge in [0.25, 0.3) is 5.91 Å². The van der Waals surface area contributed by atoms with Crippen molar-refractivity contribution >= 4 is 5.91 Å². The number of amides is 1. The minimum Gasteiger partial charge on any atom is -0.474 e. The number of carbonyl (C=O) groups excluding carboxylic acids is 1. The molecule has 1 saturated heterocycles. The molecule has 0 spiro atoms. The summed E-state index contributed by atoms with van der Waals surface area (Å²) in [6.07, 6.45) is 4.42. The monoisotopic (exact) mass is 264 g/mol. The second kappa shape index (κ2) is 7.09. The van der Waals surface area contributed by atoms with Crippen molar-refractivity contribution in [2.24, 2.45) is 0 Å². The lowest BCUT2D eigenvalue weighted by Crippen LogP contribution is -2.26. The highest BCUT2D eigenvalue weighted by Gasteiger charge is 2.16. The Bertz CT molecular complexity index is 400. The molecule has 0 bridgehead atoms. The molecule has 2 heterocycles. The third-order valence-electron chi connectivity index (χ3n) is 2.99. The van der Waals surface area contributed by atoms with Crippen molar-refractivity contribution in [1.82, 2.24) is 10.3 Å². The molecule has 104 valence electrons. The fourth-order valence-corrected chi connectivity index (χ4v) is 1.89. The van der Waals surface area contributed by atoms with Crippen molar-refractivity contribution in [2.75, 3.05) is 19.8 Å². The Labute approximate surface area is 113 Å². The molecular formula is C14H20N2O3. The van der Waals surface area contributed by atoms with Gasteiger partial charge in [0.2, 0.25) is 5.88 Å². The molecule has 1 fully saturated rings. The second-order valence-electron chi connectivity index (χ2n) is 4.57. The topological polar surface area (TPSA) is 60.5 Å². The average molecular weight is 264 g/mol. The Morgan fingerprint density at radius 3 is 2.89 bits per heavy atom. The number of carbonyl (C=O) groups is 1. The Kier molecular flexibility index (Phi) is 5.15. The number of pyridine rings is 1. The molecule has 0 aliphatic carbocycles. The number of nitrogens with zero attached hydrogens (tertiary/aromatic N) is 1. The largest absolute Gasteiger partial charge is 0.474 e. The van der Waals surface area contributed by atoms with Crippen molar-refractivity contribution < 1.29 is 14.3 Å². The molecule has 1 N–H and O–H groups in total. The van der Waals surface area contributed by atoms with Gasteiger partial charge >= 0.3 is 0 Å². The smallest absolute Gasteiger partial charge is 0.252 e. The zero-order valence-electron chi connectivity index (χ0n) is 11.2. The van der Waals surface area contributed by atoms with Crippen molar-refractivity contribution in [3.8, 4) is 5.88 Å². The fourth-order valence-electron chi connectivity index (χ4n) is 1.89. The summed E-state index contributed by atoms with van der Waals surface area (Å²) < 4.78 is 11.0. The lowest BCUT2D eigenvalue weighted by molar-refractivity contribution is 0.0237. The van der Waals surface area contributed by atoms with E-state index in [0.29, 0.717) is 18.0 Å².